The number of nitrogens with one attached hydrogen (secondary N) is 1. The molecule has 1 N–H and O–H groups in total. The summed E-state index contributed by atoms with van der Waals surface area (Å²) in [6, 6.07) is 9.13. The van der Waals surface area contributed by atoms with Crippen LogP contribution in [0.4, 0.5) is 5.69 Å². The Morgan fingerprint density at radius 2 is 1.65 bits per heavy atom. The van der Waals surface area contributed by atoms with Crippen LogP contribution < -0.4 is 5.32 Å². The Labute approximate surface area is 106 Å². The van der Waals surface area contributed by atoms with Crippen molar-refractivity contribution in [2.75, 3.05) is 5.32 Å². The minimum Gasteiger partial charge on any atom is -0.382 e. The van der Waals surface area contributed by atoms with Crippen LogP contribution in [0.2, 0.25) is 0 Å². The van der Waals surface area contributed by atoms with Gasteiger partial charge in [-0.1, -0.05) is 45.9 Å². The lowest BCUT2D eigenvalue weighted by Crippen LogP contribution is -2.22. The van der Waals surface area contributed by atoms with Crippen LogP contribution >= 0.6 is 0 Å². The van der Waals surface area contributed by atoms with Gasteiger partial charge in [-0.25, -0.2) is 0 Å². The first-order valence-corrected chi connectivity index (χ1v) is 6.34. The number of rotatable bonds is 4. The number of benzene rings is 1. The fourth-order valence-electron chi connectivity index (χ4n) is 1.66. The fourth-order valence-corrected chi connectivity index (χ4v) is 1.66. The summed E-state index contributed by atoms with van der Waals surface area (Å²) in [5, 5.41) is 3.50. The molecule has 1 rings (SSSR count). The van der Waals surface area contributed by atoms with Crippen molar-refractivity contribution in [1.82, 2.24) is 0 Å². The van der Waals surface area contributed by atoms with Crippen molar-refractivity contribution in [2.24, 2.45) is 5.92 Å². The predicted molar refractivity (Wildman–Crippen MR) is 77.6 cm³/mol. The van der Waals surface area contributed by atoms with Crippen LogP contribution in [0, 0.1) is 5.92 Å². The summed E-state index contributed by atoms with van der Waals surface area (Å²) in [6.07, 6.45) is 1.99. The van der Waals surface area contributed by atoms with E-state index >= 15 is 0 Å². The molecule has 0 fully saturated rings. The summed E-state index contributed by atoms with van der Waals surface area (Å²) in [7, 11) is 0. The van der Waals surface area contributed by atoms with E-state index in [2.05, 4.69) is 70.8 Å². The standard InChI is InChI=1S/C16H25N/c1-7-12(2)13(3)17-15-10-8-14(9-11-15)16(4,5)6/h7-13,17H,1H2,2-6H3/t12?,13-/m1/s1. The third-order valence-electron chi connectivity index (χ3n) is 3.31. The molecule has 17 heavy (non-hydrogen) atoms. The minimum absolute atomic E-state index is 0.221. The first-order valence-electron chi connectivity index (χ1n) is 6.34. The second-order valence-electron chi connectivity index (χ2n) is 5.86. The summed E-state index contributed by atoms with van der Waals surface area (Å²) >= 11 is 0. The van der Waals surface area contributed by atoms with E-state index in [4.69, 9.17) is 0 Å². The highest BCUT2D eigenvalue weighted by atomic mass is 14.9. The topological polar surface area (TPSA) is 12.0 Å². The molecule has 1 heteroatoms. The molecule has 0 spiro atoms. The molecule has 0 aliphatic carbocycles. The highest BCUT2D eigenvalue weighted by Crippen LogP contribution is 2.24. The summed E-state index contributed by atoms with van der Waals surface area (Å²) in [5.41, 5.74) is 2.77. The van der Waals surface area contributed by atoms with Gasteiger partial charge in [-0.15, -0.1) is 6.58 Å². The van der Waals surface area contributed by atoms with Gasteiger partial charge in [0.25, 0.3) is 0 Å². The third-order valence-corrected chi connectivity index (χ3v) is 3.31. The van der Waals surface area contributed by atoms with Crippen molar-refractivity contribution in [1.29, 1.82) is 0 Å². The predicted octanol–water partition coefficient (Wildman–Crippen LogP) is 4.61. The number of hydrogen-bond acceptors (Lipinski definition) is 1. The average molecular weight is 231 g/mol. The van der Waals surface area contributed by atoms with Crippen molar-refractivity contribution in [2.45, 2.75) is 46.1 Å². The highest BCUT2D eigenvalue weighted by molar-refractivity contribution is 5.46. The van der Waals surface area contributed by atoms with Gasteiger partial charge in [-0.3, -0.25) is 0 Å². The smallest absolute Gasteiger partial charge is 0.0342 e. The van der Waals surface area contributed by atoms with Gasteiger partial charge in [0.05, 0.1) is 0 Å². The molecule has 0 aliphatic heterocycles. The first-order chi connectivity index (χ1) is 7.84. The van der Waals surface area contributed by atoms with Crippen molar-refractivity contribution < 1.29 is 0 Å². The SMILES string of the molecule is C=CC(C)[C@@H](C)Nc1ccc(C(C)(C)C)cc1. The Morgan fingerprint density at radius 3 is 2.06 bits per heavy atom. The van der Waals surface area contributed by atoms with Crippen LogP contribution in [0.15, 0.2) is 36.9 Å². The maximum absolute atomic E-state index is 3.83. The van der Waals surface area contributed by atoms with E-state index in [9.17, 15) is 0 Å². The van der Waals surface area contributed by atoms with Crippen molar-refractivity contribution >= 4 is 5.69 Å². The van der Waals surface area contributed by atoms with Crippen molar-refractivity contribution in [3.63, 3.8) is 0 Å². The molecule has 0 aromatic heterocycles. The Balaban J connectivity index is 2.72. The van der Waals surface area contributed by atoms with Crippen molar-refractivity contribution in [3.8, 4) is 0 Å². The van der Waals surface area contributed by atoms with E-state index in [0.717, 1.165) is 0 Å². The Morgan fingerprint density at radius 1 is 1.12 bits per heavy atom. The summed E-state index contributed by atoms with van der Waals surface area (Å²) in [5.74, 6) is 0.470. The summed E-state index contributed by atoms with van der Waals surface area (Å²) in [6.45, 7) is 14.9. The lowest BCUT2D eigenvalue weighted by Gasteiger charge is -2.22. The molecule has 0 bridgehead atoms. The monoisotopic (exact) mass is 231 g/mol. The second kappa shape index (κ2) is 5.39. The van der Waals surface area contributed by atoms with Crippen LogP contribution in [0.5, 0.6) is 0 Å². The lowest BCUT2D eigenvalue weighted by atomic mass is 9.87. The zero-order chi connectivity index (χ0) is 13.1. The van der Waals surface area contributed by atoms with E-state index in [0.29, 0.717) is 12.0 Å². The van der Waals surface area contributed by atoms with Crippen LogP contribution in [0.1, 0.15) is 40.2 Å². The molecule has 1 aromatic rings. The summed E-state index contributed by atoms with van der Waals surface area (Å²) < 4.78 is 0. The zero-order valence-corrected chi connectivity index (χ0v) is 11.7. The normalized spacial score (nSPS) is 15.1. The van der Waals surface area contributed by atoms with Gasteiger partial charge < -0.3 is 5.32 Å². The molecular formula is C16H25N. The molecule has 1 nitrogen and oxygen atoms in total. The lowest BCUT2D eigenvalue weighted by molar-refractivity contribution is 0.590. The molecule has 0 amide bonds. The second-order valence-corrected chi connectivity index (χ2v) is 5.86. The molecule has 0 aliphatic rings. The Kier molecular flexibility index (Phi) is 4.39. The van der Waals surface area contributed by atoms with Gasteiger partial charge in [0, 0.05) is 11.7 Å². The van der Waals surface area contributed by atoms with Gasteiger partial charge in [0.15, 0.2) is 0 Å². The van der Waals surface area contributed by atoms with Crippen LogP contribution in [-0.2, 0) is 5.41 Å². The maximum atomic E-state index is 3.83. The average Bonchev–Trinajstić information content (AvgIpc) is 2.27. The van der Waals surface area contributed by atoms with Crippen LogP contribution in [-0.4, -0.2) is 6.04 Å². The van der Waals surface area contributed by atoms with Gasteiger partial charge in [-0.2, -0.15) is 0 Å². The minimum atomic E-state index is 0.221. The molecular weight excluding hydrogens is 206 g/mol. The van der Waals surface area contributed by atoms with Crippen LogP contribution in [0.3, 0.4) is 0 Å². The molecule has 0 saturated carbocycles. The quantitative estimate of drug-likeness (QED) is 0.746. The summed E-state index contributed by atoms with van der Waals surface area (Å²) in [4.78, 5) is 0. The Bertz CT molecular complexity index is 356. The molecule has 1 aromatic carbocycles. The van der Waals surface area contributed by atoms with E-state index in [-0.39, 0.29) is 5.41 Å². The molecule has 1 unspecified atom stereocenters. The van der Waals surface area contributed by atoms with E-state index < -0.39 is 0 Å². The van der Waals surface area contributed by atoms with Gasteiger partial charge in [-0.05, 0) is 36.0 Å². The zero-order valence-electron chi connectivity index (χ0n) is 11.7. The number of hydrogen-bond donors (Lipinski definition) is 1. The third kappa shape index (κ3) is 3.92. The fraction of sp³-hybridized carbons (Fsp3) is 0.500. The Hall–Kier alpha value is -1.24. The van der Waals surface area contributed by atoms with Crippen molar-refractivity contribution in [3.05, 3.63) is 42.5 Å². The van der Waals surface area contributed by atoms with E-state index in [1.54, 1.807) is 0 Å². The molecule has 0 saturated heterocycles. The molecule has 2 atom stereocenters. The van der Waals surface area contributed by atoms with Crippen LogP contribution in [0.25, 0.3) is 0 Å². The van der Waals surface area contributed by atoms with Gasteiger partial charge >= 0.3 is 0 Å². The molecule has 0 heterocycles. The molecule has 94 valence electrons. The first kappa shape index (κ1) is 13.8. The van der Waals surface area contributed by atoms with Gasteiger partial charge in [0.1, 0.15) is 0 Å². The van der Waals surface area contributed by atoms with Gasteiger partial charge in [0.2, 0.25) is 0 Å². The maximum Gasteiger partial charge on any atom is 0.0342 e. The number of anilines is 1. The largest absolute Gasteiger partial charge is 0.382 e. The van der Waals surface area contributed by atoms with E-state index in [1.165, 1.54) is 11.3 Å². The van der Waals surface area contributed by atoms with E-state index in [1.807, 2.05) is 6.08 Å². The highest BCUT2D eigenvalue weighted by Gasteiger charge is 2.13. The molecule has 0 radical (unpaired) electrons.